The monoisotopic (exact) mass is 349 g/mol. The van der Waals surface area contributed by atoms with E-state index in [0.717, 1.165) is 5.56 Å². The van der Waals surface area contributed by atoms with Gasteiger partial charge in [0.1, 0.15) is 5.82 Å². The van der Waals surface area contributed by atoms with Gasteiger partial charge in [0.2, 0.25) is 5.91 Å². The summed E-state index contributed by atoms with van der Waals surface area (Å²) in [6, 6.07) is 9.25. The molecule has 1 amide bonds. The summed E-state index contributed by atoms with van der Waals surface area (Å²) in [4.78, 5) is 11.9. The van der Waals surface area contributed by atoms with Gasteiger partial charge in [-0.25, -0.2) is 4.39 Å². The van der Waals surface area contributed by atoms with Gasteiger partial charge in [0, 0.05) is 11.1 Å². The Morgan fingerprint density at radius 3 is 2.75 bits per heavy atom. The average Bonchev–Trinajstić information content (AvgIpc) is 2.57. The van der Waals surface area contributed by atoms with E-state index in [2.05, 4.69) is 5.32 Å². The van der Waals surface area contributed by atoms with Crippen LogP contribution in [0.5, 0.6) is 11.5 Å². The summed E-state index contributed by atoms with van der Waals surface area (Å²) in [5, 5.41) is 2.78. The number of hydrogen-bond donors (Lipinski definition) is 1. The van der Waals surface area contributed by atoms with Gasteiger partial charge in [-0.2, -0.15) is 0 Å². The number of ether oxygens (including phenoxy) is 2. The number of anilines is 1. The normalized spacial score (nSPS) is 10.7. The van der Waals surface area contributed by atoms with Crippen LogP contribution >= 0.6 is 11.6 Å². The molecule has 24 heavy (non-hydrogen) atoms. The Bertz CT molecular complexity index is 762. The van der Waals surface area contributed by atoms with Crippen molar-refractivity contribution in [3.8, 4) is 11.5 Å². The minimum absolute atomic E-state index is 0.0291. The number of nitrogens with one attached hydrogen (secondary N) is 1. The molecule has 0 spiro atoms. The maximum absolute atomic E-state index is 13.6. The van der Waals surface area contributed by atoms with Crippen molar-refractivity contribution in [1.82, 2.24) is 0 Å². The van der Waals surface area contributed by atoms with E-state index in [-0.39, 0.29) is 5.69 Å². The zero-order valence-corrected chi connectivity index (χ0v) is 14.1. The number of carbonyl (C=O) groups is 1. The smallest absolute Gasteiger partial charge is 0.248 e. The molecule has 0 heterocycles. The minimum atomic E-state index is -0.552. The van der Waals surface area contributed by atoms with Crippen molar-refractivity contribution in [3.63, 3.8) is 0 Å². The molecule has 0 atom stereocenters. The van der Waals surface area contributed by atoms with Gasteiger partial charge in [-0.3, -0.25) is 4.79 Å². The van der Waals surface area contributed by atoms with Crippen molar-refractivity contribution >= 4 is 29.3 Å². The Balaban J connectivity index is 2.09. The van der Waals surface area contributed by atoms with Gasteiger partial charge in [-0.05, 0) is 48.9 Å². The molecule has 6 heteroatoms. The standard InChI is InChI=1S/C18H17ClFNO3/c1-3-24-16-8-4-12(10-17(16)23-2)5-9-18(22)21-15-11-13(19)6-7-14(15)20/h4-11H,3H2,1-2H3,(H,21,22)/b9-5+. The second-order valence-electron chi connectivity index (χ2n) is 4.79. The molecule has 0 fully saturated rings. The third-order valence-corrected chi connectivity index (χ3v) is 3.34. The first-order valence-corrected chi connectivity index (χ1v) is 7.66. The molecule has 2 aromatic rings. The van der Waals surface area contributed by atoms with E-state index in [1.54, 1.807) is 31.4 Å². The Morgan fingerprint density at radius 1 is 1.25 bits per heavy atom. The highest BCUT2D eigenvalue weighted by Crippen LogP contribution is 2.28. The van der Waals surface area contributed by atoms with Crippen molar-refractivity contribution in [1.29, 1.82) is 0 Å². The highest BCUT2D eigenvalue weighted by atomic mass is 35.5. The summed E-state index contributed by atoms with van der Waals surface area (Å²) in [6.07, 6.45) is 2.89. The molecule has 0 aliphatic heterocycles. The summed E-state index contributed by atoms with van der Waals surface area (Å²) < 4.78 is 24.3. The van der Waals surface area contributed by atoms with Gasteiger partial charge in [0.15, 0.2) is 11.5 Å². The quantitative estimate of drug-likeness (QED) is 0.779. The highest BCUT2D eigenvalue weighted by molar-refractivity contribution is 6.30. The first kappa shape index (κ1) is 17.8. The Kier molecular flexibility index (Phi) is 6.21. The molecular formula is C18H17ClFNO3. The molecular weight excluding hydrogens is 333 g/mol. The first-order chi connectivity index (χ1) is 11.5. The fourth-order valence-corrected chi connectivity index (χ4v) is 2.17. The van der Waals surface area contributed by atoms with E-state index in [4.69, 9.17) is 21.1 Å². The van der Waals surface area contributed by atoms with Crippen molar-refractivity contribution < 1.29 is 18.7 Å². The lowest BCUT2D eigenvalue weighted by Gasteiger charge is -2.09. The molecule has 0 aliphatic rings. The van der Waals surface area contributed by atoms with Gasteiger partial charge in [0.25, 0.3) is 0 Å². The summed E-state index contributed by atoms with van der Waals surface area (Å²) in [6.45, 7) is 2.41. The van der Waals surface area contributed by atoms with Crippen LogP contribution in [0.1, 0.15) is 12.5 Å². The molecule has 4 nitrogen and oxygen atoms in total. The van der Waals surface area contributed by atoms with Crippen LogP contribution in [0.3, 0.4) is 0 Å². The first-order valence-electron chi connectivity index (χ1n) is 7.28. The van der Waals surface area contributed by atoms with Crippen LogP contribution in [0.4, 0.5) is 10.1 Å². The number of rotatable bonds is 6. The molecule has 0 saturated heterocycles. The molecule has 0 radical (unpaired) electrons. The SMILES string of the molecule is CCOc1ccc(/C=C/C(=O)Nc2cc(Cl)ccc2F)cc1OC. The second-order valence-corrected chi connectivity index (χ2v) is 5.23. The third-order valence-electron chi connectivity index (χ3n) is 3.10. The van der Waals surface area contributed by atoms with E-state index in [9.17, 15) is 9.18 Å². The van der Waals surface area contributed by atoms with Gasteiger partial charge < -0.3 is 14.8 Å². The predicted octanol–water partition coefficient (Wildman–Crippen LogP) is 4.54. The van der Waals surface area contributed by atoms with Gasteiger partial charge in [-0.1, -0.05) is 17.7 Å². The van der Waals surface area contributed by atoms with Gasteiger partial charge in [0.05, 0.1) is 19.4 Å². The molecule has 126 valence electrons. The van der Waals surface area contributed by atoms with Crippen molar-refractivity contribution in [2.45, 2.75) is 6.92 Å². The molecule has 0 aliphatic carbocycles. The summed E-state index contributed by atoms with van der Waals surface area (Å²) in [5.74, 6) is 0.177. The van der Waals surface area contributed by atoms with E-state index in [1.165, 1.54) is 24.3 Å². The molecule has 0 unspecified atom stereocenters. The van der Waals surface area contributed by atoms with Gasteiger partial charge in [-0.15, -0.1) is 0 Å². The van der Waals surface area contributed by atoms with E-state index >= 15 is 0 Å². The fraction of sp³-hybridized carbons (Fsp3) is 0.167. The zero-order chi connectivity index (χ0) is 17.5. The van der Waals surface area contributed by atoms with Crippen molar-refractivity contribution in [3.05, 3.63) is 58.9 Å². The summed E-state index contributed by atoms with van der Waals surface area (Å²) in [5.41, 5.74) is 0.776. The van der Waals surface area contributed by atoms with Gasteiger partial charge >= 0.3 is 0 Å². The molecule has 0 aromatic heterocycles. The number of methoxy groups -OCH3 is 1. The number of carbonyl (C=O) groups excluding carboxylic acids is 1. The molecule has 0 saturated carbocycles. The van der Waals surface area contributed by atoms with Crippen molar-refractivity contribution in [2.75, 3.05) is 19.0 Å². The second kappa shape index (κ2) is 8.36. The average molecular weight is 350 g/mol. The maximum atomic E-state index is 13.6. The van der Waals surface area contributed by atoms with Crippen molar-refractivity contribution in [2.24, 2.45) is 0 Å². The van der Waals surface area contributed by atoms with E-state index < -0.39 is 11.7 Å². The van der Waals surface area contributed by atoms with Crippen LogP contribution in [-0.4, -0.2) is 19.6 Å². The summed E-state index contributed by atoms with van der Waals surface area (Å²) >= 11 is 5.79. The number of amides is 1. The topological polar surface area (TPSA) is 47.6 Å². The third kappa shape index (κ3) is 4.73. The van der Waals surface area contributed by atoms with Crippen LogP contribution in [-0.2, 0) is 4.79 Å². The molecule has 2 aromatic carbocycles. The molecule has 1 N–H and O–H groups in total. The lowest BCUT2D eigenvalue weighted by atomic mass is 10.2. The van der Waals surface area contributed by atoms with Crippen LogP contribution in [0, 0.1) is 5.82 Å². The van der Waals surface area contributed by atoms with E-state index in [1.807, 2.05) is 6.92 Å². The largest absolute Gasteiger partial charge is 0.493 e. The lowest BCUT2D eigenvalue weighted by Crippen LogP contribution is -2.09. The highest BCUT2D eigenvalue weighted by Gasteiger charge is 2.06. The summed E-state index contributed by atoms with van der Waals surface area (Å²) in [7, 11) is 1.54. The minimum Gasteiger partial charge on any atom is -0.493 e. The number of halogens is 2. The van der Waals surface area contributed by atoms with Crippen LogP contribution < -0.4 is 14.8 Å². The van der Waals surface area contributed by atoms with E-state index in [0.29, 0.717) is 23.1 Å². The fourth-order valence-electron chi connectivity index (χ4n) is 2.00. The predicted molar refractivity (Wildman–Crippen MR) is 93.2 cm³/mol. The maximum Gasteiger partial charge on any atom is 0.248 e. The molecule has 2 rings (SSSR count). The molecule has 0 bridgehead atoms. The lowest BCUT2D eigenvalue weighted by molar-refractivity contribution is -0.111. The Labute approximate surface area is 144 Å². The van der Waals surface area contributed by atoms with Crippen LogP contribution in [0.2, 0.25) is 5.02 Å². The zero-order valence-electron chi connectivity index (χ0n) is 13.3. The van der Waals surface area contributed by atoms with Crippen LogP contribution in [0.25, 0.3) is 6.08 Å². The number of benzene rings is 2. The van der Waals surface area contributed by atoms with Crippen LogP contribution in [0.15, 0.2) is 42.5 Å². The Hall–Kier alpha value is -2.53. The number of hydrogen-bond acceptors (Lipinski definition) is 3. The Morgan fingerprint density at radius 2 is 2.04 bits per heavy atom.